The van der Waals surface area contributed by atoms with Crippen molar-refractivity contribution in [2.24, 2.45) is 0 Å². The smallest absolute Gasteiger partial charge is 0.338 e. The van der Waals surface area contributed by atoms with Crippen LogP contribution in [0.1, 0.15) is 28.8 Å². The number of ether oxygens (including phenoxy) is 2. The van der Waals surface area contributed by atoms with E-state index in [1.165, 1.54) is 24.3 Å². The lowest BCUT2D eigenvalue weighted by Gasteiger charge is -2.11. The van der Waals surface area contributed by atoms with Crippen LogP contribution < -0.4 is 4.72 Å². The summed E-state index contributed by atoms with van der Waals surface area (Å²) >= 11 is 1.61. The fraction of sp³-hybridized carbons (Fsp3) is 0.286. The Labute approximate surface area is 173 Å². The maximum absolute atomic E-state index is 12.4. The van der Waals surface area contributed by atoms with E-state index in [1.807, 2.05) is 29.6 Å². The van der Waals surface area contributed by atoms with Gasteiger partial charge in [-0.05, 0) is 53.9 Å². The van der Waals surface area contributed by atoms with E-state index < -0.39 is 16.0 Å². The zero-order valence-corrected chi connectivity index (χ0v) is 17.3. The fourth-order valence-electron chi connectivity index (χ4n) is 3.23. The highest BCUT2D eigenvalue weighted by atomic mass is 32.2. The van der Waals surface area contributed by atoms with E-state index in [-0.39, 0.29) is 24.2 Å². The SMILES string of the molecule is O=C(OCc1csc2ccccc12)c1ccc(S(=O)(=O)NCC2CCCO2)cc1. The molecular weight excluding hydrogens is 410 g/mol. The number of fused-ring (bicyclic) bond motifs is 1. The molecule has 1 saturated heterocycles. The van der Waals surface area contributed by atoms with Gasteiger partial charge >= 0.3 is 5.97 Å². The zero-order chi connectivity index (χ0) is 20.3. The molecule has 0 amide bonds. The highest BCUT2D eigenvalue weighted by Gasteiger charge is 2.20. The molecule has 0 radical (unpaired) electrons. The van der Waals surface area contributed by atoms with E-state index in [4.69, 9.17) is 9.47 Å². The third-order valence-electron chi connectivity index (χ3n) is 4.85. The number of hydrogen-bond acceptors (Lipinski definition) is 6. The van der Waals surface area contributed by atoms with Crippen LogP contribution >= 0.6 is 11.3 Å². The Morgan fingerprint density at radius 3 is 2.72 bits per heavy atom. The van der Waals surface area contributed by atoms with Crippen molar-refractivity contribution in [3.8, 4) is 0 Å². The van der Waals surface area contributed by atoms with E-state index in [1.54, 1.807) is 11.3 Å². The van der Waals surface area contributed by atoms with Gasteiger partial charge in [0.15, 0.2) is 0 Å². The van der Waals surface area contributed by atoms with Crippen molar-refractivity contribution < 1.29 is 22.7 Å². The monoisotopic (exact) mass is 431 g/mol. The Kier molecular flexibility index (Phi) is 5.96. The Morgan fingerprint density at radius 2 is 1.97 bits per heavy atom. The molecule has 152 valence electrons. The van der Waals surface area contributed by atoms with E-state index in [9.17, 15) is 13.2 Å². The predicted octanol–water partition coefficient (Wildman–Crippen LogP) is 3.72. The maximum Gasteiger partial charge on any atom is 0.338 e. The van der Waals surface area contributed by atoms with Crippen LogP contribution in [0.4, 0.5) is 0 Å². The summed E-state index contributed by atoms with van der Waals surface area (Å²) in [6.07, 6.45) is 1.73. The first kappa shape index (κ1) is 20.0. The summed E-state index contributed by atoms with van der Waals surface area (Å²) in [5.41, 5.74) is 1.26. The predicted molar refractivity (Wildman–Crippen MR) is 112 cm³/mol. The molecule has 0 aliphatic carbocycles. The molecule has 4 rings (SSSR count). The molecular formula is C21H21NO5S2. The number of carbonyl (C=O) groups is 1. The number of esters is 1. The minimum absolute atomic E-state index is 0.0767. The average Bonchev–Trinajstić information content (AvgIpc) is 3.41. The molecule has 1 aromatic heterocycles. The highest BCUT2D eigenvalue weighted by Crippen LogP contribution is 2.26. The third kappa shape index (κ3) is 4.67. The summed E-state index contributed by atoms with van der Waals surface area (Å²) < 4.78 is 39.3. The summed E-state index contributed by atoms with van der Waals surface area (Å²) in [6, 6.07) is 13.7. The summed E-state index contributed by atoms with van der Waals surface area (Å²) in [5.74, 6) is -0.489. The number of nitrogens with one attached hydrogen (secondary N) is 1. The number of rotatable bonds is 7. The van der Waals surface area contributed by atoms with Gasteiger partial charge in [0.25, 0.3) is 0 Å². The van der Waals surface area contributed by atoms with E-state index in [0.29, 0.717) is 12.2 Å². The molecule has 1 N–H and O–H groups in total. The molecule has 0 saturated carbocycles. The largest absolute Gasteiger partial charge is 0.457 e. The molecule has 29 heavy (non-hydrogen) atoms. The van der Waals surface area contributed by atoms with E-state index in [2.05, 4.69) is 4.72 Å². The molecule has 1 fully saturated rings. The molecule has 0 bridgehead atoms. The lowest BCUT2D eigenvalue weighted by Crippen LogP contribution is -2.31. The molecule has 6 nitrogen and oxygen atoms in total. The zero-order valence-electron chi connectivity index (χ0n) is 15.7. The van der Waals surface area contributed by atoms with Gasteiger partial charge in [-0.2, -0.15) is 0 Å². The van der Waals surface area contributed by atoms with Crippen LogP contribution in [-0.4, -0.2) is 33.6 Å². The first-order valence-electron chi connectivity index (χ1n) is 9.36. The van der Waals surface area contributed by atoms with Crippen molar-refractivity contribution in [1.29, 1.82) is 0 Å². The topological polar surface area (TPSA) is 81.7 Å². The van der Waals surface area contributed by atoms with Crippen LogP contribution in [0.2, 0.25) is 0 Å². The summed E-state index contributed by atoms with van der Waals surface area (Å²) in [5, 5.41) is 3.05. The number of carbonyl (C=O) groups excluding carboxylic acids is 1. The van der Waals surface area contributed by atoms with Crippen LogP contribution in [0.5, 0.6) is 0 Å². The molecule has 1 aliphatic heterocycles. The first-order chi connectivity index (χ1) is 14.0. The lowest BCUT2D eigenvalue weighted by atomic mass is 10.2. The van der Waals surface area contributed by atoms with Gasteiger partial charge in [0.2, 0.25) is 10.0 Å². The molecule has 0 spiro atoms. The Hall–Kier alpha value is -2.26. The van der Waals surface area contributed by atoms with Gasteiger partial charge in [0.05, 0.1) is 16.6 Å². The van der Waals surface area contributed by atoms with Crippen molar-refractivity contribution in [2.45, 2.75) is 30.4 Å². The number of thiophene rings is 1. The molecule has 2 heterocycles. The molecule has 1 atom stereocenters. The number of hydrogen-bond donors (Lipinski definition) is 1. The maximum atomic E-state index is 12.4. The minimum Gasteiger partial charge on any atom is -0.457 e. The highest BCUT2D eigenvalue weighted by molar-refractivity contribution is 7.89. The summed E-state index contributed by atoms with van der Waals surface area (Å²) in [7, 11) is -3.64. The van der Waals surface area contributed by atoms with E-state index >= 15 is 0 Å². The van der Waals surface area contributed by atoms with Crippen molar-refractivity contribution in [2.75, 3.05) is 13.2 Å². The van der Waals surface area contributed by atoms with Crippen molar-refractivity contribution in [1.82, 2.24) is 4.72 Å². The van der Waals surface area contributed by atoms with E-state index in [0.717, 1.165) is 28.5 Å². The number of benzene rings is 2. The van der Waals surface area contributed by atoms with Gasteiger partial charge in [0.1, 0.15) is 6.61 Å². The van der Waals surface area contributed by atoms with Crippen molar-refractivity contribution >= 4 is 37.4 Å². The van der Waals surface area contributed by atoms with Gasteiger partial charge < -0.3 is 9.47 Å². The summed E-state index contributed by atoms with van der Waals surface area (Å²) in [4.78, 5) is 12.4. The van der Waals surface area contributed by atoms with Crippen molar-refractivity contribution in [3.05, 3.63) is 65.0 Å². The normalized spacial score (nSPS) is 16.9. The van der Waals surface area contributed by atoms with Gasteiger partial charge in [0, 0.05) is 23.4 Å². The van der Waals surface area contributed by atoms with Crippen LogP contribution in [0.25, 0.3) is 10.1 Å². The quantitative estimate of drug-likeness (QED) is 0.577. The molecule has 1 aliphatic rings. The average molecular weight is 432 g/mol. The van der Waals surface area contributed by atoms with Crippen LogP contribution in [0.3, 0.4) is 0 Å². The van der Waals surface area contributed by atoms with Crippen LogP contribution in [0, 0.1) is 0 Å². The van der Waals surface area contributed by atoms with Crippen LogP contribution in [0.15, 0.2) is 58.8 Å². The van der Waals surface area contributed by atoms with Gasteiger partial charge in [-0.25, -0.2) is 17.9 Å². The fourth-order valence-corrected chi connectivity index (χ4v) is 5.25. The second kappa shape index (κ2) is 8.62. The standard InChI is InChI=1S/C21H21NO5S2/c23-21(27-13-16-14-28-20-6-2-1-5-19(16)20)15-7-9-18(10-8-15)29(24,25)22-12-17-4-3-11-26-17/h1-2,5-10,14,17,22H,3-4,11-13H2. The van der Waals surface area contributed by atoms with Gasteiger partial charge in [-0.15, -0.1) is 11.3 Å². The molecule has 3 aromatic rings. The Balaban J connectivity index is 1.37. The summed E-state index contributed by atoms with van der Waals surface area (Å²) in [6.45, 7) is 1.09. The lowest BCUT2D eigenvalue weighted by molar-refractivity contribution is 0.0474. The first-order valence-corrected chi connectivity index (χ1v) is 11.7. The van der Waals surface area contributed by atoms with Gasteiger partial charge in [-0.1, -0.05) is 18.2 Å². The molecule has 8 heteroatoms. The molecule has 1 unspecified atom stereocenters. The second-order valence-corrected chi connectivity index (χ2v) is 9.52. The Bertz CT molecular complexity index is 1100. The van der Waals surface area contributed by atoms with Gasteiger partial charge in [-0.3, -0.25) is 0 Å². The Morgan fingerprint density at radius 1 is 1.17 bits per heavy atom. The minimum atomic E-state index is -3.64. The van der Waals surface area contributed by atoms with Crippen LogP contribution in [-0.2, 0) is 26.1 Å². The third-order valence-corrected chi connectivity index (χ3v) is 7.30. The number of sulfonamides is 1. The second-order valence-electron chi connectivity index (χ2n) is 6.84. The molecule has 2 aromatic carbocycles. The van der Waals surface area contributed by atoms with Crippen molar-refractivity contribution in [3.63, 3.8) is 0 Å².